The van der Waals surface area contributed by atoms with Crippen molar-refractivity contribution in [3.8, 4) is 0 Å². The normalized spacial score (nSPS) is 9.57. The third-order valence-corrected chi connectivity index (χ3v) is 1.67. The molecule has 0 aliphatic carbocycles. The molecule has 0 fully saturated rings. The van der Waals surface area contributed by atoms with Crippen molar-refractivity contribution >= 4 is 11.6 Å². The fraction of sp³-hybridized carbons (Fsp3) is 0.333. The van der Waals surface area contributed by atoms with Crippen LogP contribution >= 0.6 is 0 Å². The Kier molecular flexibility index (Phi) is 3.28. The number of aromatic amines is 1. The number of hydrogen-bond donors (Lipinski definition) is 3. The molecule has 1 aromatic heterocycles. The lowest BCUT2D eigenvalue weighted by atomic mass is 10.3. The van der Waals surface area contributed by atoms with Crippen molar-refractivity contribution in [2.24, 2.45) is 0 Å². The number of anilines is 1. The molecule has 14 heavy (non-hydrogen) atoms. The van der Waals surface area contributed by atoms with Crippen molar-refractivity contribution in [3.05, 3.63) is 23.5 Å². The summed E-state index contributed by atoms with van der Waals surface area (Å²) in [5, 5.41) is 8.89. The number of aromatic nitrogens is 2. The van der Waals surface area contributed by atoms with Gasteiger partial charge in [0.1, 0.15) is 5.69 Å². The van der Waals surface area contributed by atoms with E-state index in [2.05, 4.69) is 15.5 Å². The van der Waals surface area contributed by atoms with E-state index in [0.717, 1.165) is 5.57 Å². The number of hydrogen-bond acceptors (Lipinski definition) is 3. The van der Waals surface area contributed by atoms with E-state index in [4.69, 9.17) is 5.73 Å². The van der Waals surface area contributed by atoms with Gasteiger partial charge in [0, 0.05) is 6.54 Å². The molecule has 5 heteroatoms. The molecule has 0 radical (unpaired) electrons. The quantitative estimate of drug-likeness (QED) is 0.619. The summed E-state index contributed by atoms with van der Waals surface area (Å²) < 4.78 is 0. The minimum absolute atomic E-state index is 0.238. The lowest BCUT2D eigenvalue weighted by Gasteiger charge is -2.00. The van der Waals surface area contributed by atoms with Crippen molar-refractivity contribution < 1.29 is 4.79 Å². The van der Waals surface area contributed by atoms with Gasteiger partial charge >= 0.3 is 0 Å². The predicted molar refractivity (Wildman–Crippen MR) is 54.8 cm³/mol. The molecule has 0 saturated heterocycles. The minimum atomic E-state index is -0.238. The SMILES string of the molecule is CC(C)=CCNC(=O)c1[nH]ncc1N. The molecule has 0 bridgehead atoms. The van der Waals surface area contributed by atoms with Crippen LogP contribution in [0.3, 0.4) is 0 Å². The zero-order chi connectivity index (χ0) is 10.6. The number of amides is 1. The van der Waals surface area contributed by atoms with Crippen LogP contribution in [0.4, 0.5) is 5.69 Å². The van der Waals surface area contributed by atoms with Crippen molar-refractivity contribution in [2.75, 3.05) is 12.3 Å². The van der Waals surface area contributed by atoms with E-state index in [1.807, 2.05) is 19.9 Å². The second kappa shape index (κ2) is 4.45. The van der Waals surface area contributed by atoms with Crippen molar-refractivity contribution in [3.63, 3.8) is 0 Å². The molecule has 0 aromatic carbocycles. The summed E-state index contributed by atoms with van der Waals surface area (Å²) in [6, 6.07) is 0. The van der Waals surface area contributed by atoms with Crippen LogP contribution in [0.5, 0.6) is 0 Å². The number of carbonyl (C=O) groups excluding carboxylic acids is 1. The minimum Gasteiger partial charge on any atom is -0.396 e. The Morgan fingerprint density at radius 3 is 2.93 bits per heavy atom. The number of nitrogens with zero attached hydrogens (tertiary/aromatic N) is 1. The van der Waals surface area contributed by atoms with E-state index >= 15 is 0 Å². The Morgan fingerprint density at radius 1 is 1.71 bits per heavy atom. The number of nitrogens with one attached hydrogen (secondary N) is 2. The van der Waals surface area contributed by atoms with Crippen LogP contribution in [-0.4, -0.2) is 22.6 Å². The van der Waals surface area contributed by atoms with Crippen molar-refractivity contribution in [1.29, 1.82) is 0 Å². The zero-order valence-corrected chi connectivity index (χ0v) is 8.29. The van der Waals surface area contributed by atoms with Gasteiger partial charge in [-0.25, -0.2) is 0 Å². The summed E-state index contributed by atoms with van der Waals surface area (Å²) in [6.07, 6.45) is 3.33. The zero-order valence-electron chi connectivity index (χ0n) is 8.29. The average Bonchev–Trinajstić information content (AvgIpc) is 2.50. The highest BCUT2D eigenvalue weighted by Crippen LogP contribution is 2.04. The molecule has 5 nitrogen and oxygen atoms in total. The smallest absolute Gasteiger partial charge is 0.271 e. The van der Waals surface area contributed by atoms with Crippen molar-refractivity contribution in [1.82, 2.24) is 15.5 Å². The van der Waals surface area contributed by atoms with Crippen LogP contribution in [0.15, 0.2) is 17.8 Å². The van der Waals surface area contributed by atoms with E-state index in [0.29, 0.717) is 17.9 Å². The molecule has 76 valence electrons. The Hall–Kier alpha value is -1.78. The van der Waals surface area contributed by atoms with Crippen LogP contribution in [0.1, 0.15) is 24.3 Å². The van der Waals surface area contributed by atoms with Crippen LogP contribution in [0.2, 0.25) is 0 Å². The monoisotopic (exact) mass is 194 g/mol. The predicted octanol–water partition coefficient (Wildman–Crippen LogP) is 0.688. The summed E-state index contributed by atoms with van der Waals surface area (Å²) in [7, 11) is 0. The van der Waals surface area contributed by atoms with Gasteiger partial charge in [0.05, 0.1) is 11.9 Å². The third kappa shape index (κ3) is 2.62. The molecular formula is C9H14N4O. The fourth-order valence-electron chi connectivity index (χ4n) is 0.914. The number of rotatable bonds is 3. The third-order valence-electron chi connectivity index (χ3n) is 1.67. The Bertz CT molecular complexity index is 349. The standard InChI is InChI=1S/C9H14N4O/c1-6(2)3-4-11-9(14)8-7(10)5-12-13-8/h3,5H,4,10H2,1-2H3,(H,11,14)(H,12,13). The first-order valence-corrected chi connectivity index (χ1v) is 4.31. The average molecular weight is 194 g/mol. The maximum Gasteiger partial charge on any atom is 0.271 e. The molecule has 0 unspecified atom stereocenters. The molecule has 1 heterocycles. The van der Waals surface area contributed by atoms with E-state index in [-0.39, 0.29) is 5.91 Å². The van der Waals surface area contributed by atoms with E-state index in [1.165, 1.54) is 6.20 Å². The van der Waals surface area contributed by atoms with E-state index in [1.54, 1.807) is 0 Å². The van der Waals surface area contributed by atoms with Gasteiger partial charge in [-0.1, -0.05) is 11.6 Å². The summed E-state index contributed by atoms with van der Waals surface area (Å²) >= 11 is 0. The summed E-state index contributed by atoms with van der Waals surface area (Å²) in [4.78, 5) is 11.4. The molecule has 4 N–H and O–H groups in total. The number of H-pyrrole nitrogens is 1. The molecule has 1 amide bonds. The van der Waals surface area contributed by atoms with Crippen LogP contribution in [0, 0.1) is 0 Å². The van der Waals surface area contributed by atoms with E-state index < -0.39 is 0 Å². The number of carbonyl (C=O) groups is 1. The Labute approximate surface area is 82.4 Å². The maximum atomic E-state index is 11.4. The van der Waals surface area contributed by atoms with E-state index in [9.17, 15) is 4.79 Å². The lowest BCUT2D eigenvalue weighted by molar-refractivity contribution is 0.0954. The van der Waals surface area contributed by atoms with Crippen LogP contribution in [0.25, 0.3) is 0 Å². The van der Waals surface area contributed by atoms with Gasteiger partial charge in [-0.05, 0) is 13.8 Å². The number of nitrogens with two attached hydrogens (primary N) is 1. The van der Waals surface area contributed by atoms with Gasteiger partial charge in [-0.2, -0.15) is 5.10 Å². The topological polar surface area (TPSA) is 83.8 Å². The highest BCUT2D eigenvalue weighted by molar-refractivity contribution is 5.96. The maximum absolute atomic E-state index is 11.4. The molecule has 0 aliphatic heterocycles. The van der Waals surface area contributed by atoms with Gasteiger partial charge in [-0.15, -0.1) is 0 Å². The van der Waals surface area contributed by atoms with Gasteiger partial charge in [0.15, 0.2) is 0 Å². The van der Waals surface area contributed by atoms with Crippen LogP contribution < -0.4 is 11.1 Å². The molecular weight excluding hydrogens is 180 g/mol. The van der Waals surface area contributed by atoms with Gasteiger partial charge < -0.3 is 11.1 Å². The lowest BCUT2D eigenvalue weighted by Crippen LogP contribution is -2.24. The highest BCUT2D eigenvalue weighted by Gasteiger charge is 2.09. The number of nitrogen functional groups attached to an aromatic ring is 1. The molecule has 0 atom stereocenters. The van der Waals surface area contributed by atoms with Gasteiger partial charge in [0.2, 0.25) is 0 Å². The largest absolute Gasteiger partial charge is 0.396 e. The van der Waals surface area contributed by atoms with Crippen LogP contribution in [-0.2, 0) is 0 Å². The summed E-state index contributed by atoms with van der Waals surface area (Å²) in [6.45, 7) is 4.44. The summed E-state index contributed by atoms with van der Waals surface area (Å²) in [5.74, 6) is -0.238. The Balaban J connectivity index is 2.52. The van der Waals surface area contributed by atoms with Gasteiger partial charge in [-0.3, -0.25) is 9.89 Å². The van der Waals surface area contributed by atoms with Crippen molar-refractivity contribution in [2.45, 2.75) is 13.8 Å². The molecule has 0 aliphatic rings. The highest BCUT2D eigenvalue weighted by atomic mass is 16.1. The fourth-order valence-corrected chi connectivity index (χ4v) is 0.914. The molecule has 0 saturated carbocycles. The first-order valence-electron chi connectivity index (χ1n) is 4.31. The molecule has 1 aromatic rings. The van der Waals surface area contributed by atoms with Gasteiger partial charge in [0.25, 0.3) is 5.91 Å². The molecule has 0 spiro atoms. The first-order chi connectivity index (χ1) is 6.61. The first kappa shape index (κ1) is 10.3. The number of allylic oxidation sites excluding steroid dienone is 1. The molecule has 1 rings (SSSR count). The second-order valence-corrected chi connectivity index (χ2v) is 3.19. The summed E-state index contributed by atoms with van der Waals surface area (Å²) in [5.41, 5.74) is 7.33. The Morgan fingerprint density at radius 2 is 2.43 bits per heavy atom. The second-order valence-electron chi connectivity index (χ2n) is 3.19.